The predicted octanol–water partition coefficient (Wildman–Crippen LogP) is 5.62. The zero-order chi connectivity index (χ0) is 15.7. The van der Waals surface area contributed by atoms with Crippen molar-refractivity contribution in [2.75, 3.05) is 6.26 Å². The summed E-state index contributed by atoms with van der Waals surface area (Å²) in [6.45, 7) is 4.25. The van der Waals surface area contributed by atoms with Crippen molar-refractivity contribution in [2.45, 2.75) is 18.7 Å². The topological polar surface area (TPSA) is 4.93 Å². The number of aryl methyl sites for hydroxylation is 1. The highest BCUT2D eigenvalue weighted by molar-refractivity contribution is 7.98. The second-order valence-corrected chi connectivity index (χ2v) is 6.14. The van der Waals surface area contributed by atoms with Crippen LogP contribution in [0.25, 0.3) is 16.8 Å². The van der Waals surface area contributed by atoms with Gasteiger partial charge in [0.05, 0.1) is 0 Å². The van der Waals surface area contributed by atoms with E-state index in [4.69, 9.17) is 0 Å². The van der Waals surface area contributed by atoms with Crippen molar-refractivity contribution < 1.29 is 4.39 Å². The first-order valence-corrected chi connectivity index (χ1v) is 8.42. The number of hydrogen-bond donors (Lipinski definition) is 0. The Balaban J connectivity index is 2.19. The van der Waals surface area contributed by atoms with E-state index in [0.717, 1.165) is 11.1 Å². The fraction of sp³-hybridized carbons (Fsp3) is 0.158. The molecule has 22 heavy (non-hydrogen) atoms. The molecule has 0 bridgehead atoms. The minimum Gasteiger partial charge on any atom is -0.319 e. The number of nitrogens with zero attached hydrogens (tertiary/aromatic N) is 1. The van der Waals surface area contributed by atoms with Crippen LogP contribution in [0.5, 0.6) is 0 Å². The van der Waals surface area contributed by atoms with Crippen molar-refractivity contribution in [3.05, 3.63) is 71.8 Å². The Labute approximate surface area is 134 Å². The molecule has 0 aliphatic rings. The molecule has 1 nitrogen and oxygen atoms in total. The molecule has 3 rings (SSSR count). The van der Waals surface area contributed by atoms with Gasteiger partial charge in [0.15, 0.2) is 0 Å². The predicted molar refractivity (Wildman–Crippen MR) is 92.4 cm³/mol. The molecule has 0 saturated carbocycles. The van der Waals surface area contributed by atoms with Crippen molar-refractivity contribution in [1.82, 2.24) is 4.57 Å². The van der Waals surface area contributed by atoms with Gasteiger partial charge in [-0.2, -0.15) is 0 Å². The van der Waals surface area contributed by atoms with Crippen molar-refractivity contribution in [3.8, 4) is 16.8 Å². The Morgan fingerprint density at radius 2 is 1.64 bits per heavy atom. The zero-order valence-corrected chi connectivity index (χ0v) is 13.7. The maximum absolute atomic E-state index is 13.2. The highest BCUT2D eigenvalue weighted by Crippen LogP contribution is 2.36. The molecule has 3 heteroatoms. The van der Waals surface area contributed by atoms with Gasteiger partial charge in [-0.25, -0.2) is 4.39 Å². The Morgan fingerprint density at radius 3 is 2.27 bits per heavy atom. The molecule has 0 fully saturated rings. The number of halogens is 1. The number of para-hydroxylation sites is 1. The number of thioether (sulfide) groups is 1. The molecule has 0 radical (unpaired) electrons. The molecule has 1 heterocycles. The quantitative estimate of drug-likeness (QED) is 0.568. The first kappa shape index (κ1) is 14.9. The van der Waals surface area contributed by atoms with E-state index in [1.165, 1.54) is 34.0 Å². The van der Waals surface area contributed by atoms with Crippen LogP contribution in [-0.2, 0) is 0 Å². The summed E-state index contributed by atoms with van der Waals surface area (Å²) in [6, 6.07) is 15.1. The number of rotatable bonds is 3. The fourth-order valence-corrected chi connectivity index (χ4v) is 3.55. The van der Waals surface area contributed by atoms with Crippen molar-refractivity contribution in [1.29, 1.82) is 0 Å². The lowest BCUT2D eigenvalue weighted by atomic mass is 10.1. The normalized spacial score (nSPS) is 10.9. The molecule has 0 aliphatic heterocycles. The molecule has 0 N–H and O–H groups in total. The number of aromatic nitrogens is 1. The molecule has 1 aromatic heterocycles. The average Bonchev–Trinajstić information content (AvgIpc) is 2.85. The third kappa shape index (κ3) is 2.57. The van der Waals surface area contributed by atoms with Crippen LogP contribution in [-0.4, -0.2) is 10.8 Å². The van der Waals surface area contributed by atoms with Gasteiger partial charge in [-0.3, -0.25) is 0 Å². The molecule has 0 spiro atoms. The molecular weight excluding hydrogens is 293 g/mol. The SMILES string of the molecule is CSc1c(-c2ccc(F)cc2)cn(-c2ccccc2C)c1C. The third-order valence-electron chi connectivity index (χ3n) is 3.93. The van der Waals surface area contributed by atoms with Crippen LogP contribution in [0, 0.1) is 19.7 Å². The van der Waals surface area contributed by atoms with E-state index in [2.05, 4.69) is 49.1 Å². The fourth-order valence-electron chi connectivity index (χ4n) is 2.77. The Morgan fingerprint density at radius 1 is 0.955 bits per heavy atom. The summed E-state index contributed by atoms with van der Waals surface area (Å²) in [5.41, 5.74) is 5.82. The van der Waals surface area contributed by atoms with Gasteiger partial charge in [-0.1, -0.05) is 30.3 Å². The van der Waals surface area contributed by atoms with Crippen LogP contribution in [0.1, 0.15) is 11.3 Å². The smallest absolute Gasteiger partial charge is 0.123 e. The summed E-state index contributed by atoms with van der Waals surface area (Å²) in [4.78, 5) is 1.23. The van der Waals surface area contributed by atoms with Crippen molar-refractivity contribution >= 4 is 11.8 Å². The number of benzene rings is 2. The summed E-state index contributed by atoms with van der Waals surface area (Å²) >= 11 is 1.73. The number of hydrogen-bond acceptors (Lipinski definition) is 1. The van der Waals surface area contributed by atoms with Gasteiger partial charge in [-0.15, -0.1) is 11.8 Å². The lowest BCUT2D eigenvalue weighted by Gasteiger charge is -2.09. The van der Waals surface area contributed by atoms with E-state index >= 15 is 0 Å². The van der Waals surface area contributed by atoms with Crippen LogP contribution >= 0.6 is 11.8 Å². The van der Waals surface area contributed by atoms with E-state index in [1.807, 2.05) is 18.2 Å². The second kappa shape index (κ2) is 6.01. The summed E-state index contributed by atoms with van der Waals surface area (Å²) in [6.07, 6.45) is 4.23. The second-order valence-electron chi connectivity index (χ2n) is 5.32. The molecule has 0 aliphatic carbocycles. The van der Waals surface area contributed by atoms with Gasteiger partial charge in [0.1, 0.15) is 5.82 Å². The monoisotopic (exact) mass is 311 g/mol. The molecule has 3 aromatic rings. The summed E-state index contributed by atoms with van der Waals surface area (Å²) in [5, 5.41) is 0. The standard InChI is InChI=1S/C19H18FNS/c1-13-6-4-5-7-18(13)21-12-17(19(22-3)14(21)2)15-8-10-16(20)11-9-15/h4-12H,1-3H3. The molecule has 0 atom stereocenters. The molecule has 112 valence electrons. The highest BCUT2D eigenvalue weighted by atomic mass is 32.2. The molecule has 0 unspecified atom stereocenters. The van der Waals surface area contributed by atoms with Crippen LogP contribution in [0.2, 0.25) is 0 Å². The third-order valence-corrected chi connectivity index (χ3v) is 4.85. The van der Waals surface area contributed by atoms with Crippen LogP contribution in [0.4, 0.5) is 4.39 Å². The van der Waals surface area contributed by atoms with Gasteiger partial charge >= 0.3 is 0 Å². The maximum atomic E-state index is 13.2. The first-order chi connectivity index (χ1) is 10.6. The summed E-state index contributed by atoms with van der Waals surface area (Å²) < 4.78 is 15.4. The molecular formula is C19H18FNS. The lowest BCUT2D eigenvalue weighted by molar-refractivity contribution is 0.628. The van der Waals surface area contributed by atoms with Crippen LogP contribution in [0.3, 0.4) is 0 Å². The molecule has 0 saturated heterocycles. The average molecular weight is 311 g/mol. The largest absolute Gasteiger partial charge is 0.319 e. The van der Waals surface area contributed by atoms with E-state index in [9.17, 15) is 4.39 Å². The maximum Gasteiger partial charge on any atom is 0.123 e. The Bertz CT molecular complexity index is 803. The summed E-state index contributed by atoms with van der Waals surface area (Å²) in [7, 11) is 0. The molecule has 2 aromatic carbocycles. The van der Waals surface area contributed by atoms with Gasteiger partial charge in [0, 0.05) is 28.0 Å². The lowest BCUT2D eigenvalue weighted by Crippen LogP contribution is -1.97. The Kier molecular flexibility index (Phi) is 4.08. The summed E-state index contributed by atoms with van der Waals surface area (Å²) in [5.74, 6) is -0.204. The minimum absolute atomic E-state index is 0.204. The van der Waals surface area contributed by atoms with E-state index in [-0.39, 0.29) is 5.82 Å². The van der Waals surface area contributed by atoms with Crippen LogP contribution < -0.4 is 0 Å². The zero-order valence-electron chi connectivity index (χ0n) is 12.9. The van der Waals surface area contributed by atoms with Gasteiger partial charge < -0.3 is 4.57 Å². The van der Waals surface area contributed by atoms with E-state index in [1.54, 1.807) is 11.8 Å². The molecule has 0 amide bonds. The van der Waals surface area contributed by atoms with Crippen molar-refractivity contribution in [2.24, 2.45) is 0 Å². The first-order valence-electron chi connectivity index (χ1n) is 7.19. The van der Waals surface area contributed by atoms with Gasteiger partial charge in [0.2, 0.25) is 0 Å². The van der Waals surface area contributed by atoms with Crippen LogP contribution in [0.15, 0.2) is 59.6 Å². The Hall–Kier alpha value is -2.00. The van der Waals surface area contributed by atoms with Gasteiger partial charge in [0.25, 0.3) is 0 Å². The van der Waals surface area contributed by atoms with Gasteiger partial charge in [-0.05, 0) is 49.4 Å². The van der Waals surface area contributed by atoms with Crippen molar-refractivity contribution in [3.63, 3.8) is 0 Å². The highest BCUT2D eigenvalue weighted by Gasteiger charge is 2.15. The minimum atomic E-state index is -0.204. The van der Waals surface area contributed by atoms with E-state index in [0.29, 0.717) is 0 Å². The van der Waals surface area contributed by atoms with E-state index < -0.39 is 0 Å².